The summed E-state index contributed by atoms with van der Waals surface area (Å²) in [6, 6.07) is 7.54. The SMILES string of the molecule is CCOc1ccccc1C(=O)N1CCCC1CNc1ncc(Br)cn1. The summed E-state index contributed by atoms with van der Waals surface area (Å²) < 4.78 is 6.44. The van der Waals surface area contributed by atoms with Gasteiger partial charge in [-0.15, -0.1) is 0 Å². The van der Waals surface area contributed by atoms with Crippen molar-refractivity contribution in [1.29, 1.82) is 0 Å². The third-order valence-electron chi connectivity index (χ3n) is 4.17. The zero-order chi connectivity index (χ0) is 17.6. The summed E-state index contributed by atoms with van der Waals surface area (Å²) in [4.78, 5) is 23.3. The predicted octanol–water partition coefficient (Wildman–Crippen LogP) is 3.35. The minimum absolute atomic E-state index is 0.0186. The Morgan fingerprint density at radius 3 is 2.88 bits per heavy atom. The molecule has 1 aromatic carbocycles. The van der Waals surface area contributed by atoms with Crippen LogP contribution in [0.25, 0.3) is 0 Å². The maximum atomic E-state index is 13.0. The smallest absolute Gasteiger partial charge is 0.257 e. The molecule has 0 spiro atoms. The fourth-order valence-electron chi connectivity index (χ4n) is 3.01. The van der Waals surface area contributed by atoms with Crippen molar-refractivity contribution in [3.05, 3.63) is 46.7 Å². The molecule has 25 heavy (non-hydrogen) atoms. The van der Waals surface area contributed by atoms with Crippen molar-refractivity contribution in [3.8, 4) is 5.75 Å². The lowest BCUT2D eigenvalue weighted by Crippen LogP contribution is -2.39. The molecule has 1 aliphatic rings. The molecule has 1 atom stereocenters. The summed E-state index contributed by atoms with van der Waals surface area (Å²) in [6.07, 6.45) is 5.36. The van der Waals surface area contributed by atoms with Crippen molar-refractivity contribution in [2.75, 3.05) is 25.0 Å². The van der Waals surface area contributed by atoms with Crippen LogP contribution in [0.1, 0.15) is 30.1 Å². The van der Waals surface area contributed by atoms with Gasteiger partial charge in [0.1, 0.15) is 5.75 Å². The van der Waals surface area contributed by atoms with Gasteiger partial charge < -0.3 is 15.0 Å². The Balaban J connectivity index is 1.68. The molecule has 3 rings (SSSR count). The number of carbonyl (C=O) groups is 1. The van der Waals surface area contributed by atoms with Crippen LogP contribution in [0.5, 0.6) is 5.75 Å². The first-order valence-corrected chi connectivity index (χ1v) is 9.22. The summed E-state index contributed by atoms with van der Waals surface area (Å²) in [5.74, 6) is 1.23. The second-order valence-corrected chi connectivity index (χ2v) is 6.75. The quantitative estimate of drug-likeness (QED) is 0.799. The number of amides is 1. The number of hydrogen-bond donors (Lipinski definition) is 1. The molecule has 2 aromatic rings. The Bertz CT molecular complexity index is 723. The van der Waals surface area contributed by atoms with E-state index in [2.05, 4.69) is 31.2 Å². The minimum atomic E-state index is 0.0186. The topological polar surface area (TPSA) is 67.3 Å². The average Bonchev–Trinajstić information content (AvgIpc) is 3.10. The molecule has 1 saturated heterocycles. The van der Waals surface area contributed by atoms with E-state index in [1.807, 2.05) is 36.1 Å². The third kappa shape index (κ3) is 4.28. The van der Waals surface area contributed by atoms with Crippen LogP contribution in [0, 0.1) is 0 Å². The molecule has 1 aliphatic heterocycles. The van der Waals surface area contributed by atoms with Gasteiger partial charge in [0.2, 0.25) is 5.95 Å². The third-order valence-corrected chi connectivity index (χ3v) is 4.58. The fraction of sp³-hybridized carbons (Fsp3) is 0.389. The van der Waals surface area contributed by atoms with E-state index in [0.29, 0.717) is 30.4 Å². The van der Waals surface area contributed by atoms with E-state index >= 15 is 0 Å². The highest BCUT2D eigenvalue weighted by Crippen LogP contribution is 2.25. The van der Waals surface area contributed by atoms with E-state index in [4.69, 9.17) is 4.74 Å². The number of nitrogens with zero attached hydrogens (tertiary/aromatic N) is 3. The van der Waals surface area contributed by atoms with E-state index in [-0.39, 0.29) is 11.9 Å². The monoisotopic (exact) mass is 404 g/mol. The molecule has 2 heterocycles. The number of carbonyl (C=O) groups excluding carboxylic acids is 1. The van der Waals surface area contributed by atoms with Gasteiger partial charge >= 0.3 is 0 Å². The number of ether oxygens (including phenoxy) is 1. The van der Waals surface area contributed by atoms with E-state index < -0.39 is 0 Å². The van der Waals surface area contributed by atoms with E-state index in [1.165, 1.54) is 0 Å². The van der Waals surface area contributed by atoms with Gasteiger partial charge in [0, 0.05) is 31.5 Å². The zero-order valence-electron chi connectivity index (χ0n) is 14.1. The van der Waals surface area contributed by atoms with Crippen LogP contribution < -0.4 is 10.1 Å². The van der Waals surface area contributed by atoms with Crippen molar-refractivity contribution in [1.82, 2.24) is 14.9 Å². The first-order valence-electron chi connectivity index (χ1n) is 8.43. The Labute approximate surface area is 155 Å². The largest absolute Gasteiger partial charge is 0.493 e. The molecule has 1 aromatic heterocycles. The van der Waals surface area contributed by atoms with Crippen LogP contribution >= 0.6 is 15.9 Å². The Morgan fingerprint density at radius 2 is 2.12 bits per heavy atom. The summed E-state index contributed by atoms with van der Waals surface area (Å²) in [5, 5.41) is 3.22. The molecule has 0 bridgehead atoms. The number of nitrogens with one attached hydrogen (secondary N) is 1. The van der Waals surface area contributed by atoms with Gasteiger partial charge in [0.05, 0.1) is 16.6 Å². The second kappa shape index (κ2) is 8.29. The number of aromatic nitrogens is 2. The molecule has 0 aliphatic carbocycles. The van der Waals surface area contributed by atoms with E-state index in [0.717, 1.165) is 23.9 Å². The number of likely N-dealkylation sites (tertiary alicyclic amines) is 1. The van der Waals surface area contributed by atoms with Crippen LogP contribution in [0.4, 0.5) is 5.95 Å². The molecule has 0 saturated carbocycles. The molecule has 1 unspecified atom stereocenters. The van der Waals surface area contributed by atoms with Crippen LogP contribution in [-0.2, 0) is 0 Å². The van der Waals surface area contributed by atoms with Crippen molar-refractivity contribution >= 4 is 27.8 Å². The van der Waals surface area contributed by atoms with Gasteiger partial charge in [-0.05, 0) is 47.8 Å². The summed E-state index contributed by atoms with van der Waals surface area (Å²) in [5.41, 5.74) is 0.621. The van der Waals surface area contributed by atoms with Gasteiger partial charge in [-0.2, -0.15) is 0 Å². The second-order valence-electron chi connectivity index (χ2n) is 5.83. The van der Waals surface area contributed by atoms with Crippen molar-refractivity contribution in [2.45, 2.75) is 25.8 Å². The summed E-state index contributed by atoms with van der Waals surface area (Å²) in [6.45, 7) is 3.84. The molecule has 0 radical (unpaired) electrons. The van der Waals surface area contributed by atoms with Gasteiger partial charge in [-0.1, -0.05) is 12.1 Å². The Kier molecular flexibility index (Phi) is 5.86. The average molecular weight is 405 g/mol. The first-order chi connectivity index (χ1) is 12.2. The number of para-hydroxylation sites is 1. The fourth-order valence-corrected chi connectivity index (χ4v) is 3.21. The number of halogens is 1. The Morgan fingerprint density at radius 1 is 1.36 bits per heavy atom. The number of anilines is 1. The summed E-state index contributed by atoms with van der Waals surface area (Å²) >= 11 is 3.32. The van der Waals surface area contributed by atoms with Crippen molar-refractivity contribution < 1.29 is 9.53 Å². The highest BCUT2D eigenvalue weighted by molar-refractivity contribution is 9.10. The van der Waals surface area contributed by atoms with Crippen LogP contribution in [0.15, 0.2) is 41.1 Å². The lowest BCUT2D eigenvalue weighted by molar-refractivity contribution is 0.0739. The number of benzene rings is 1. The molecule has 1 amide bonds. The molecule has 1 N–H and O–H groups in total. The molecule has 1 fully saturated rings. The zero-order valence-corrected chi connectivity index (χ0v) is 15.7. The van der Waals surface area contributed by atoms with E-state index in [1.54, 1.807) is 12.4 Å². The van der Waals surface area contributed by atoms with Crippen molar-refractivity contribution in [3.63, 3.8) is 0 Å². The van der Waals surface area contributed by atoms with Crippen molar-refractivity contribution in [2.24, 2.45) is 0 Å². The van der Waals surface area contributed by atoms with Gasteiger partial charge in [0.15, 0.2) is 0 Å². The standard InChI is InChI=1S/C18H21BrN4O2/c1-2-25-16-8-4-3-7-15(16)17(24)23-9-5-6-14(23)12-22-18-20-10-13(19)11-21-18/h3-4,7-8,10-11,14H,2,5-6,9,12H2,1H3,(H,20,21,22). The van der Waals surface area contributed by atoms with Crippen LogP contribution in [0.3, 0.4) is 0 Å². The van der Waals surface area contributed by atoms with Crippen LogP contribution in [0.2, 0.25) is 0 Å². The molecule has 132 valence electrons. The normalized spacial score (nSPS) is 16.7. The Hall–Kier alpha value is -2.15. The summed E-state index contributed by atoms with van der Waals surface area (Å²) in [7, 11) is 0. The lowest BCUT2D eigenvalue weighted by Gasteiger charge is -2.25. The molecule has 7 heteroatoms. The van der Waals surface area contributed by atoms with E-state index in [9.17, 15) is 4.79 Å². The molecular weight excluding hydrogens is 384 g/mol. The maximum absolute atomic E-state index is 13.0. The predicted molar refractivity (Wildman–Crippen MR) is 99.9 cm³/mol. The highest BCUT2D eigenvalue weighted by Gasteiger charge is 2.30. The number of hydrogen-bond acceptors (Lipinski definition) is 5. The van der Waals surface area contributed by atoms with Gasteiger partial charge in [0.25, 0.3) is 5.91 Å². The van der Waals surface area contributed by atoms with Gasteiger partial charge in [-0.3, -0.25) is 4.79 Å². The maximum Gasteiger partial charge on any atom is 0.257 e. The molecular formula is C18H21BrN4O2. The van der Waals surface area contributed by atoms with Gasteiger partial charge in [-0.25, -0.2) is 9.97 Å². The molecule has 6 nitrogen and oxygen atoms in total. The lowest BCUT2D eigenvalue weighted by atomic mass is 10.1. The van der Waals surface area contributed by atoms with Crippen LogP contribution in [-0.4, -0.2) is 46.5 Å². The number of rotatable bonds is 6. The highest BCUT2D eigenvalue weighted by atomic mass is 79.9. The first kappa shape index (κ1) is 17.7. The minimum Gasteiger partial charge on any atom is -0.493 e.